The Morgan fingerprint density at radius 2 is 1.19 bits per heavy atom. The van der Waals surface area contributed by atoms with E-state index in [1.165, 1.54) is 33.4 Å². The lowest BCUT2D eigenvalue weighted by atomic mass is 9.61. The average Bonchev–Trinajstić information content (AvgIpc) is 2.74. The van der Waals surface area contributed by atoms with Crippen LogP contribution in [0.2, 0.25) is 0 Å². The van der Waals surface area contributed by atoms with Gasteiger partial charge in [0.25, 0.3) is 0 Å². The van der Waals surface area contributed by atoms with E-state index in [2.05, 4.69) is 97.1 Å². The third-order valence-electron chi connectivity index (χ3n) is 5.83. The number of nitrogen functional groups attached to an aromatic ring is 1. The Kier molecular flexibility index (Phi) is 3.61. The van der Waals surface area contributed by atoms with Gasteiger partial charge in [-0.25, -0.2) is 0 Å². The molecule has 0 bridgehead atoms. The van der Waals surface area contributed by atoms with E-state index in [4.69, 9.17) is 5.73 Å². The first-order chi connectivity index (χ1) is 13.3. The van der Waals surface area contributed by atoms with Crippen molar-refractivity contribution in [2.45, 2.75) is 11.8 Å². The Labute approximate surface area is 160 Å². The van der Waals surface area contributed by atoms with Crippen LogP contribution in [-0.2, 0) is 11.8 Å². The van der Waals surface area contributed by atoms with E-state index in [1.54, 1.807) is 0 Å². The van der Waals surface area contributed by atoms with Crippen molar-refractivity contribution >= 4 is 5.69 Å². The second-order valence-electron chi connectivity index (χ2n) is 7.24. The maximum absolute atomic E-state index is 6.53. The summed E-state index contributed by atoms with van der Waals surface area (Å²) in [4.78, 5) is 0. The molecule has 0 unspecified atom stereocenters. The van der Waals surface area contributed by atoms with Gasteiger partial charge in [0.2, 0.25) is 0 Å². The smallest absolute Gasteiger partial charge is 0.0498 e. The Balaban J connectivity index is 1.93. The molecule has 0 amide bonds. The summed E-state index contributed by atoms with van der Waals surface area (Å²) in [5, 5.41) is 0. The van der Waals surface area contributed by atoms with Crippen LogP contribution >= 0.6 is 0 Å². The summed E-state index contributed by atoms with van der Waals surface area (Å²) >= 11 is 0. The molecule has 4 aromatic carbocycles. The lowest BCUT2D eigenvalue weighted by Gasteiger charge is -2.42. The molecule has 0 aromatic heterocycles. The summed E-state index contributed by atoms with van der Waals surface area (Å²) < 4.78 is 0. The van der Waals surface area contributed by atoms with Crippen LogP contribution in [0.5, 0.6) is 0 Å². The maximum atomic E-state index is 6.53. The van der Waals surface area contributed by atoms with Crippen LogP contribution in [0.1, 0.15) is 22.3 Å². The van der Waals surface area contributed by atoms with Crippen molar-refractivity contribution in [1.82, 2.24) is 0 Å². The molecule has 0 fully saturated rings. The molecule has 0 aliphatic heterocycles. The van der Waals surface area contributed by atoms with Crippen molar-refractivity contribution in [2.24, 2.45) is 0 Å². The fourth-order valence-corrected chi connectivity index (χ4v) is 4.65. The quantitative estimate of drug-likeness (QED) is 0.454. The normalized spacial score (nSPS) is 14.2. The van der Waals surface area contributed by atoms with E-state index in [1.807, 2.05) is 6.07 Å². The van der Waals surface area contributed by atoms with Crippen molar-refractivity contribution in [3.63, 3.8) is 0 Å². The highest BCUT2D eigenvalue weighted by Crippen LogP contribution is 2.52. The number of hydrogen-bond donors (Lipinski definition) is 1. The molecular formula is C26H21N. The van der Waals surface area contributed by atoms with Crippen LogP contribution in [0.4, 0.5) is 5.69 Å². The van der Waals surface area contributed by atoms with Crippen LogP contribution in [0, 0.1) is 0 Å². The molecule has 0 saturated carbocycles. The first-order valence-electron chi connectivity index (χ1n) is 9.39. The molecule has 0 spiro atoms. The first kappa shape index (κ1) is 15.9. The Morgan fingerprint density at radius 1 is 0.593 bits per heavy atom. The minimum absolute atomic E-state index is 0.248. The molecule has 0 heterocycles. The topological polar surface area (TPSA) is 26.0 Å². The lowest BCUT2D eigenvalue weighted by Crippen LogP contribution is -2.35. The summed E-state index contributed by atoms with van der Waals surface area (Å²) in [6.07, 6.45) is 0.924. The largest absolute Gasteiger partial charge is 0.398 e. The van der Waals surface area contributed by atoms with Gasteiger partial charge in [-0.2, -0.15) is 0 Å². The first-order valence-corrected chi connectivity index (χ1v) is 9.39. The SMILES string of the molecule is Nc1cccc2c1-c1ccccc1CC2(c1ccccc1)c1ccccc1. The van der Waals surface area contributed by atoms with Gasteiger partial charge in [-0.05, 0) is 40.3 Å². The standard InChI is InChI=1S/C26H21N/c27-24-17-9-16-23-25(24)22-15-8-7-10-19(22)18-26(23,20-11-3-1-4-12-20)21-13-5-2-6-14-21/h1-17H,18,27H2. The van der Waals surface area contributed by atoms with Gasteiger partial charge in [-0.1, -0.05) is 97.1 Å². The van der Waals surface area contributed by atoms with Crippen molar-refractivity contribution in [1.29, 1.82) is 0 Å². The monoisotopic (exact) mass is 347 g/mol. The number of nitrogens with two attached hydrogens (primary N) is 1. The van der Waals surface area contributed by atoms with Gasteiger partial charge in [-0.3, -0.25) is 0 Å². The maximum Gasteiger partial charge on any atom is 0.0498 e. The van der Waals surface area contributed by atoms with Crippen LogP contribution < -0.4 is 5.73 Å². The van der Waals surface area contributed by atoms with Crippen LogP contribution in [0.3, 0.4) is 0 Å². The van der Waals surface area contributed by atoms with Gasteiger partial charge in [0.05, 0.1) is 0 Å². The van der Waals surface area contributed by atoms with Gasteiger partial charge >= 0.3 is 0 Å². The van der Waals surface area contributed by atoms with E-state index in [0.717, 1.165) is 12.1 Å². The zero-order chi connectivity index (χ0) is 18.3. The minimum Gasteiger partial charge on any atom is -0.398 e. The number of rotatable bonds is 2. The molecule has 130 valence electrons. The van der Waals surface area contributed by atoms with E-state index in [0.29, 0.717) is 0 Å². The fraction of sp³-hybridized carbons (Fsp3) is 0.0769. The van der Waals surface area contributed by atoms with E-state index in [9.17, 15) is 0 Å². The molecular weight excluding hydrogens is 326 g/mol. The van der Waals surface area contributed by atoms with Crippen LogP contribution in [0.25, 0.3) is 11.1 Å². The number of hydrogen-bond acceptors (Lipinski definition) is 1. The van der Waals surface area contributed by atoms with Gasteiger partial charge in [0, 0.05) is 16.7 Å². The molecule has 0 atom stereocenters. The van der Waals surface area contributed by atoms with Crippen molar-refractivity contribution in [3.05, 3.63) is 125 Å². The lowest BCUT2D eigenvalue weighted by molar-refractivity contribution is 0.606. The Hall–Kier alpha value is -3.32. The van der Waals surface area contributed by atoms with Crippen molar-refractivity contribution in [3.8, 4) is 11.1 Å². The van der Waals surface area contributed by atoms with E-state index >= 15 is 0 Å². The zero-order valence-electron chi connectivity index (χ0n) is 15.1. The second kappa shape index (κ2) is 6.14. The number of benzene rings is 4. The Morgan fingerprint density at radius 3 is 1.85 bits per heavy atom. The molecule has 27 heavy (non-hydrogen) atoms. The molecule has 1 aliphatic carbocycles. The summed E-state index contributed by atoms with van der Waals surface area (Å²) in [5.74, 6) is 0. The molecule has 0 radical (unpaired) electrons. The second-order valence-corrected chi connectivity index (χ2v) is 7.24. The predicted molar refractivity (Wildman–Crippen MR) is 113 cm³/mol. The third-order valence-corrected chi connectivity index (χ3v) is 5.83. The van der Waals surface area contributed by atoms with Gasteiger partial charge in [0.1, 0.15) is 0 Å². The van der Waals surface area contributed by atoms with Crippen molar-refractivity contribution < 1.29 is 0 Å². The number of fused-ring (bicyclic) bond motifs is 3. The molecule has 5 rings (SSSR count). The summed E-state index contributed by atoms with van der Waals surface area (Å²) in [7, 11) is 0. The molecule has 1 aliphatic rings. The highest BCUT2D eigenvalue weighted by Gasteiger charge is 2.42. The predicted octanol–water partition coefficient (Wildman–Crippen LogP) is 5.83. The van der Waals surface area contributed by atoms with Crippen LogP contribution in [-0.4, -0.2) is 0 Å². The van der Waals surface area contributed by atoms with E-state index < -0.39 is 0 Å². The molecule has 0 saturated heterocycles. The molecule has 1 nitrogen and oxygen atoms in total. The van der Waals surface area contributed by atoms with Crippen LogP contribution in [0.15, 0.2) is 103 Å². The summed E-state index contributed by atoms with van der Waals surface area (Å²) in [6.45, 7) is 0. The van der Waals surface area contributed by atoms with Gasteiger partial charge in [0.15, 0.2) is 0 Å². The van der Waals surface area contributed by atoms with E-state index in [-0.39, 0.29) is 5.41 Å². The highest BCUT2D eigenvalue weighted by molar-refractivity contribution is 5.86. The summed E-state index contributed by atoms with van der Waals surface area (Å²) in [5.41, 5.74) is 14.8. The molecule has 4 aromatic rings. The van der Waals surface area contributed by atoms with Gasteiger partial charge in [-0.15, -0.1) is 0 Å². The highest BCUT2D eigenvalue weighted by atomic mass is 14.6. The fourth-order valence-electron chi connectivity index (χ4n) is 4.65. The van der Waals surface area contributed by atoms with Gasteiger partial charge < -0.3 is 5.73 Å². The third kappa shape index (κ3) is 2.32. The molecule has 2 N–H and O–H groups in total. The number of anilines is 1. The average molecular weight is 347 g/mol. The zero-order valence-corrected chi connectivity index (χ0v) is 15.1. The summed E-state index contributed by atoms with van der Waals surface area (Å²) in [6, 6.07) is 36.7. The minimum atomic E-state index is -0.248. The molecule has 1 heteroatoms. The Bertz CT molecular complexity index is 1060. The van der Waals surface area contributed by atoms with Crippen molar-refractivity contribution in [2.75, 3.05) is 5.73 Å².